The lowest BCUT2D eigenvalue weighted by molar-refractivity contribution is 0.0371. The van der Waals surface area contributed by atoms with Crippen LogP contribution in [0.25, 0.3) is 0 Å². The third-order valence-corrected chi connectivity index (χ3v) is 2.54. The second kappa shape index (κ2) is 2.89. The van der Waals surface area contributed by atoms with Gasteiger partial charge in [0.05, 0.1) is 0 Å². The van der Waals surface area contributed by atoms with Gasteiger partial charge in [-0.05, 0) is 12.3 Å². The summed E-state index contributed by atoms with van der Waals surface area (Å²) in [5.41, 5.74) is 0. The molecule has 1 atom stereocenters. The van der Waals surface area contributed by atoms with Crippen molar-refractivity contribution in [1.82, 2.24) is 10.0 Å². The minimum absolute atomic E-state index is 0.769. The van der Waals surface area contributed by atoms with Gasteiger partial charge in [-0.15, -0.1) is 0 Å². The first-order valence-electron chi connectivity index (χ1n) is 4.07. The second-order valence-electron chi connectivity index (χ2n) is 3.55. The normalized spacial score (nSPS) is 30.3. The summed E-state index contributed by atoms with van der Waals surface area (Å²) in [7, 11) is 4.33. The predicted molar refractivity (Wildman–Crippen MR) is 43.6 cm³/mol. The van der Waals surface area contributed by atoms with Gasteiger partial charge in [-0.2, -0.15) is 0 Å². The monoisotopic (exact) mass is 142 g/mol. The van der Waals surface area contributed by atoms with Gasteiger partial charge in [0.25, 0.3) is 0 Å². The summed E-state index contributed by atoms with van der Waals surface area (Å²) < 4.78 is 0. The molecule has 0 aromatic carbocycles. The van der Waals surface area contributed by atoms with Crippen molar-refractivity contribution in [2.75, 3.05) is 20.6 Å². The van der Waals surface area contributed by atoms with Crippen LogP contribution in [0.2, 0.25) is 0 Å². The predicted octanol–water partition coefficient (Wildman–Crippen LogP) is 1.19. The van der Waals surface area contributed by atoms with E-state index >= 15 is 0 Å². The second-order valence-corrected chi connectivity index (χ2v) is 3.55. The molecule has 2 nitrogen and oxygen atoms in total. The molecule has 0 unspecified atom stereocenters. The molecular weight excluding hydrogens is 124 g/mol. The van der Waals surface area contributed by atoms with Gasteiger partial charge >= 0.3 is 0 Å². The van der Waals surface area contributed by atoms with Crippen LogP contribution in [0, 0.1) is 5.92 Å². The van der Waals surface area contributed by atoms with Crippen molar-refractivity contribution in [3.8, 4) is 0 Å². The van der Waals surface area contributed by atoms with Crippen LogP contribution in [0.5, 0.6) is 0 Å². The van der Waals surface area contributed by atoms with Gasteiger partial charge in [-0.3, -0.25) is 0 Å². The molecule has 0 aromatic heterocycles. The molecule has 1 fully saturated rings. The molecule has 1 heterocycles. The summed E-state index contributed by atoms with van der Waals surface area (Å²) in [5.74, 6) is 0.787. The van der Waals surface area contributed by atoms with Gasteiger partial charge in [-0.1, -0.05) is 13.8 Å². The number of hydrazine groups is 1. The van der Waals surface area contributed by atoms with Crippen molar-refractivity contribution in [3.05, 3.63) is 0 Å². The van der Waals surface area contributed by atoms with E-state index in [1.165, 1.54) is 13.0 Å². The highest BCUT2D eigenvalue weighted by molar-refractivity contribution is 4.77. The van der Waals surface area contributed by atoms with Gasteiger partial charge in [0.15, 0.2) is 0 Å². The quantitative estimate of drug-likeness (QED) is 0.542. The highest BCUT2D eigenvalue weighted by Crippen LogP contribution is 2.20. The minimum Gasteiger partial charge on any atom is -0.245 e. The van der Waals surface area contributed by atoms with Crippen LogP contribution in [-0.2, 0) is 0 Å². The molecule has 1 saturated heterocycles. The molecule has 1 aliphatic heterocycles. The maximum Gasteiger partial charge on any atom is 0.0278 e. The Bertz CT molecular complexity index is 112. The molecular formula is C8H18N2. The number of rotatable bonds is 1. The summed E-state index contributed by atoms with van der Waals surface area (Å²) >= 11 is 0. The van der Waals surface area contributed by atoms with Crippen LogP contribution in [0.1, 0.15) is 20.3 Å². The smallest absolute Gasteiger partial charge is 0.0278 e. The fourth-order valence-corrected chi connectivity index (χ4v) is 1.68. The van der Waals surface area contributed by atoms with Crippen molar-refractivity contribution in [2.45, 2.75) is 26.3 Å². The lowest BCUT2D eigenvalue weighted by Gasteiger charge is -2.27. The third kappa shape index (κ3) is 1.32. The molecule has 0 bridgehead atoms. The molecule has 2 heteroatoms. The first-order valence-corrected chi connectivity index (χ1v) is 4.07. The van der Waals surface area contributed by atoms with E-state index in [1.807, 2.05) is 0 Å². The maximum atomic E-state index is 2.35. The van der Waals surface area contributed by atoms with Gasteiger partial charge in [0, 0.05) is 26.7 Å². The Morgan fingerprint density at radius 2 is 1.90 bits per heavy atom. The van der Waals surface area contributed by atoms with Gasteiger partial charge in [0.2, 0.25) is 0 Å². The summed E-state index contributed by atoms with van der Waals surface area (Å²) in [4.78, 5) is 0. The highest BCUT2D eigenvalue weighted by atomic mass is 15.6. The zero-order valence-electron chi connectivity index (χ0n) is 7.46. The zero-order chi connectivity index (χ0) is 7.72. The minimum atomic E-state index is 0.769. The summed E-state index contributed by atoms with van der Waals surface area (Å²) in [6.45, 7) is 5.81. The van der Waals surface area contributed by atoms with E-state index < -0.39 is 0 Å². The molecule has 0 aliphatic carbocycles. The summed E-state index contributed by atoms with van der Waals surface area (Å²) in [6.07, 6.45) is 1.32. The Morgan fingerprint density at radius 3 is 2.10 bits per heavy atom. The average molecular weight is 142 g/mol. The van der Waals surface area contributed by atoms with Crippen molar-refractivity contribution in [1.29, 1.82) is 0 Å². The molecule has 0 N–H and O–H groups in total. The molecule has 1 rings (SSSR count). The van der Waals surface area contributed by atoms with Crippen molar-refractivity contribution >= 4 is 0 Å². The summed E-state index contributed by atoms with van der Waals surface area (Å²) in [6, 6.07) is 0.769. The van der Waals surface area contributed by atoms with Crippen LogP contribution >= 0.6 is 0 Å². The fourth-order valence-electron chi connectivity index (χ4n) is 1.68. The highest BCUT2D eigenvalue weighted by Gasteiger charge is 2.27. The van der Waals surface area contributed by atoms with Crippen molar-refractivity contribution in [2.24, 2.45) is 5.92 Å². The first-order chi connectivity index (χ1) is 4.63. The SMILES string of the molecule is CC(C)[C@@H]1CCN(C)N1C. The average Bonchev–Trinajstić information content (AvgIpc) is 2.14. The van der Waals surface area contributed by atoms with E-state index in [2.05, 4.69) is 38.0 Å². The molecule has 0 amide bonds. The Labute approximate surface area is 63.8 Å². The topological polar surface area (TPSA) is 6.48 Å². The van der Waals surface area contributed by atoms with Crippen LogP contribution in [0.15, 0.2) is 0 Å². The largest absolute Gasteiger partial charge is 0.245 e. The van der Waals surface area contributed by atoms with Crippen LogP contribution < -0.4 is 0 Å². The van der Waals surface area contributed by atoms with Crippen LogP contribution in [0.3, 0.4) is 0 Å². The lowest BCUT2D eigenvalue weighted by Crippen LogP contribution is -2.37. The summed E-state index contributed by atoms with van der Waals surface area (Å²) in [5, 5.41) is 4.65. The maximum absolute atomic E-state index is 2.35. The number of hydrogen-bond donors (Lipinski definition) is 0. The molecule has 10 heavy (non-hydrogen) atoms. The number of nitrogens with zero attached hydrogens (tertiary/aromatic N) is 2. The van der Waals surface area contributed by atoms with Crippen LogP contribution in [0.4, 0.5) is 0 Å². The molecule has 60 valence electrons. The molecule has 0 spiro atoms. The molecule has 0 aromatic rings. The van der Waals surface area contributed by atoms with E-state index in [0.29, 0.717) is 0 Å². The van der Waals surface area contributed by atoms with E-state index in [1.54, 1.807) is 0 Å². The van der Waals surface area contributed by atoms with Crippen LogP contribution in [-0.4, -0.2) is 36.7 Å². The third-order valence-electron chi connectivity index (χ3n) is 2.54. The Morgan fingerprint density at radius 1 is 1.30 bits per heavy atom. The van der Waals surface area contributed by atoms with E-state index in [9.17, 15) is 0 Å². The molecule has 1 aliphatic rings. The Hall–Kier alpha value is -0.0800. The van der Waals surface area contributed by atoms with Crippen molar-refractivity contribution in [3.63, 3.8) is 0 Å². The molecule has 0 saturated carbocycles. The van der Waals surface area contributed by atoms with Gasteiger partial charge < -0.3 is 0 Å². The zero-order valence-corrected chi connectivity index (χ0v) is 7.46. The van der Waals surface area contributed by atoms with E-state index in [4.69, 9.17) is 0 Å². The molecule has 0 radical (unpaired) electrons. The Balaban J connectivity index is 2.49. The van der Waals surface area contributed by atoms with Gasteiger partial charge in [-0.25, -0.2) is 10.0 Å². The van der Waals surface area contributed by atoms with E-state index in [0.717, 1.165) is 12.0 Å². The standard InChI is InChI=1S/C8H18N2/c1-7(2)8-5-6-9(3)10(8)4/h7-8H,5-6H2,1-4H3/t8-/m0/s1. The van der Waals surface area contributed by atoms with E-state index in [-0.39, 0.29) is 0 Å². The first kappa shape index (κ1) is 8.02. The van der Waals surface area contributed by atoms with Gasteiger partial charge in [0.1, 0.15) is 0 Å². The van der Waals surface area contributed by atoms with Crippen molar-refractivity contribution < 1.29 is 0 Å². The Kier molecular flexibility index (Phi) is 2.32. The number of hydrogen-bond acceptors (Lipinski definition) is 2. The fraction of sp³-hybridized carbons (Fsp3) is 1.00. The lowest BCUT2D eigenvalue weighted by atomic mass is 10.0.